The zero-order chi connectivity index (χ0) is 10.1. The fraction of sp³-hybridized carbons (Fsp3) is 1.00. The van der Waals surface area contributed by atoms with Crippen molar-refractivity contribution in [1.82, 2.24) is 10.2 Å². The van der Waals surface area contributed by atoms with Crippen molar-refractivity contribution in [1.29, 1.82) is 0 Å². The standard InChI is InChI=1S/C10H24N2O/c1-5-13-9-7-11-6-8-12(4)10(2)3/h10-11H,5-9H2,1-4H3. The van der Waals surface area contributed by atoms with Crippen molar-refractivity contribution in [2.45, 2.75) is 26.8 Å². The normalized spacial score (nSPS) is 11.5. The second kappa shape index (κ2) is 8.48. The van der Waals surface area contributed by atoms with E-state index in [9.17, 15) is 0 Å². The minimum atomic E-state index is 0.633. The van der Waals surface area contributed by atoms with E-state index in [1.165, 1.54) is 0 Å². The molecule has 0 amide bonds. The lowest BCUT2D eigenvalue weighted by molar-refractivity contribution is 0.148. The lowest BCUT2D eigenvalue weighted by Gasteiger charge is -2.20. The molecular formula is C10H24N2O. The fourth-order valence-corrected chi connectivity index (χ4v) is 0.927. The molecule has 0 bridgehead atoms. The summed E-state index contributed by atoms with van der Waals surface area (Å²) in [7, 11) is 2.15. The summed E-state index contributed by atoms with van der Waals surface area (Å²) in [6, 6.07) is 0.633. The number of rotatable bonds is 8. The summed E-state index contributed by atoms with van der Waals surface area (Å²) in [4.78, 5) is 2.33. The van der Waals surface area contributed by atoms with E-state index in [4.69, 9.17) is 4.74 Å². The average molecular weight is 188 g/mol. The molecule has 0 aliphatic carbocycles. The Morgan fingerprint density at radius 3 is 2.54 bits per heavy atom. The van der Waals surface area contributed by atoms with Gasteiger partial charge in [0.15, 0.2) is 0 Å². The number of nitrogens with zero attached hydrogens (tertiary/aromatic N) is 1. The van der Waals surface area contributed by atoms with Crippen LogP contribution in [-0.2, 0) is 4.74 Å². The van der Waals surface area contributed by atoms with Gasteiger partial charge in [0.05, 0.1) is 6.61 Å². The molecule has 0 heterocycles. The second-order valence-electron chi connectivity index (χ2n) is 3.52. The van der Waals surface area contributed by atoms with Gasteiger partial charge in [0.25, 0.3) is 0 Å². The summed E-state index contributed by atoms with van der Waals surface area (Å²) >= 11 is 0. The molecule has 3 nitrogen and oxygen atoms in total. The highest BCUT2D eigenvalue weighted by Gasteiger charge is 2.00. The number of hydrogen-bond acceptors (Lipinski definition) is 3. The molecule has 0 aliphatic heterocycles. The number of ether oxygens (including phenoxy) is 1. The molecule has 0 saturated carbocycles. The maximum atomic E-state index is 5.21. The quantitative estimate of drug-likeness (QED) is 0.574. The molecule has 13 heavy (non-hydrogen) atoms. The number of nitrogens with one attached hydrogen (secondary N) is 1. The molecule has 0 aromatic heterocycles. The molecule has 80 valence electrons. The minimum Gasteiger partial charge on any atom is -0.380 e. The molecular weight excluding hydrogens is 164 g/mol. The summed E-state index contributed by atoms with van der Waals surface area (Å²) in [5.41, 5.74) is 0. The molecule has 0 fully saturated rings. The summed E-state index contributed by atoms with van der Waals surface area (Å²) < 4.78 is 5.21. The molecule has 1 N–H and O–H groups in total. The average Bonchev–Trinajstić information content (AvgIpc) is 2.10. The Labute approximate surface area is 82.4 Å². The van der Waals surface area contributed by atoms with E-state index < -0.39 is 0 Å². The third-order valence-electron chi connectivity index (χ3n) is 2.15. The summed E-state index contributed by atoms with van der Waals surface area (Å²) in [5.74, 6) is 0. The second-order valence-corrected chi connectivity index (χ2v) is 3.52. The maximum absolute atomic E-state index is 5.21. The Hall–Kier alpha value is -0.120. The first kappa shape index (κ1) is 12.9. The van der Waals surface area contributed by atoms with Gasteiger partial charge in [-0.15, -0.1) is 0 Å². The summed E-state index contributed by atoms with van der Waals surface area (Å²) in [6.07, 6.45) is 0. The van der Waals surface area contributed by atoms with Crippen molar-refractivity contribution >= 4 is 0 Å². The molecule has 0 rings (SSSR count). The summed E-state index contributed by atoms with van der Waals surface area (Å²) in [5, 5.41) is 3.34. The van der Waals surface area contributed by atoms with Gasteiger partial charge in [0.1, 0.15) is 0 Å². The van der Waals surface area contributed by atoms with Gasteiger partial charge in [-0.2, -0.15) is 0 Å². The Balaban J connectivity index is 3.07. The van der Waals surface area contributed by atoms with Crippen LogP contribution in [0.4, 0.5) is 0 Å². The Morgan fingerprint density at radius 2 is 2.00 bits per heavy atom. The van der Waals surface area contributed by atoms with Crippen molar-refractivity contribution in [2.75, 3.05) is 39.9 Å². The molecule has 0 aromatic rings. The van der Waals surface area contributed by atoms with E-state index in [0.717, 1.165) is 32.8 Å². The van der Waals surface area contributed by atoms with Crippen LogP contribution in [0.25, 0.3) is 0 Å². The Morgan fingerprint density at radius 1 is 1.31 bits per heavy atom. The van der Waals surface area contributed by atoms with E-state index in [1.807, 2.05) is 6.92 Å². The van der Waals surface area contributed by atoms with Crippen LogP contribution < -0.4 is 5.32 Å². The fourth-order valence-electron chi connectivity index (χ4n) is 0.927. The van der Waals surface area contributed by atoms with Crippen molar-refractivity contribution in [3.63, 3.8) is 0 Å². The highest BCUT2D eigenvalue weighted by molar-refractivity contribution is 4.58. The first-order valence-corrected chi connectivity index (χ1v) is 5.17. The number of hydrogen-bond donors (Lipinski definition) is 1. The molecule has 0 atom stereocenters. The van der Waals surface area contributed by atoms with E-state index in [2.05, 4.69) is 31.1 Å². The molecule has 0 aliphatic rings. The zero-order valence-electron chi connectivity index (χ0n) is 9.47. The van der Waals surface area contributed by atoms with Gasteiger partial charge in [-0.25, -0.2) is 0 Å². The van der Waals surface area contributed by atoms with Crippen LogP contribution in [0.15, 0.2) is 0 Å². The van der Waals surface area contributed by atoms with E-state index in [1.54, 1.807) is 0 Å². The smallest absolute Gasteiger partial charge is 0.0590 e. The predicted molar refractivity (Wildman–Crippen MR) is 57.1 cm³/mol. The monoisotopic (exact) mass is 188 g/mol. The molecule has 0 aromatic carbocycles. The SMILES string of the molecule is CCOCCNCCN(C)C(C)C. The maximum Gasteiger partial charge on any atom is 0.0590 e. The molecule has 0 radical (unpaired) electrons. The van der Waals surface area contributed by atoms with Crippen molar-refractivity contribution in [2.24, 2.45) is 0 Å². The third-order valence-corrected chi connectivity index (χ3v) is 2.15. The van der Waals surface area contributed by atoms with Crippen LogP contribution in [0.2, 0.25) is 0 Å². The van der Waals surface area contributed by atoms with Gasteiger partial charge in [0, 0.05) is 32.3 Å². The molecule has 0 spiro atoms. The van der Waals surface area contributed by atoms with Gasteiger partial charge in [-0.1, -0.05) is 0 Å². The lowest BCUT2D eigenvalue weighted by Crippen LogP contribution is -2.34. The number of likely N-dealkylation sites (N-methyl/N-ethyl adjacent to an activating group) is 1. The van der Waals surface area contributed by atoms with E-state index in [-0.39, 0.29) is 0 Å². The zero-order valence-corrected chi connectivity index (χ0v) is 9.47. The Kier molecular flexibility index (Phi) is 8.40. The van der Waals surface area contributed by atoms with Gasteiger partial charge >= 0.3 is 0 Å². The van der Waals surface area contributed by atoms with Crippen molar-refractivity contribution < 1.29 is 4.74 Å². The first-order valence-electron chi connectivity index (χ1n) is 5.17. The van der Waals surface area contributed by atoms with Gasteiger partial charge < -0.3 is 15.0 Å². The minimum absolute atomic E-state index is 0.633. The third kappa shape index (κ3) is 8.22. The molecule has 0 unspecified atom stereocenters. The van der Waals surface area contributed by atoms with Crippen LogP contribution in [-0.4, -0.2) is 50.8 Å². The van der Waals surface area contributed by atoms with E-state index >= 15 is 0 Å². The topological polar surface area (TPSA) is 24.5 Å². The van der Waals surface area contributed by atoms with E-state index in [0.29, 0.717) is 6.04 Å². The van der Waals surface area contributed by atoms with Crippen molar-refractivity contribution in [3.8, 4) is 0 Å². The Bertz CT molecular complexity index is 107. The van der Waals surface area contributed by atoms with Crippen LogP contribution in [0.3, 0.4) is 0 Å². The van der Waals surface area contributed by atoms with Gasteiger partial charge in [-0.05, 0) is 27.8 Å². The highest BCUT2D eigenvalue weighted by atomic mass is 16.5. The van der Waals surface area contributed by atoms with Gasteiger partial charge in [0.2, 0.25) is 0 Å². The lowest BCUT2D eigenvalue weighted by atomic mass is 10.3. The first-order chi connectivity index (χ1) is 6.18. The van der Waals surface area contributed by atoms with Gasteiger partial charge in [-0.3, -0.25) is 0 Å². The largest absolute Gasteiger partial charge is 0.380 e. The predicted octanol–water partition coefficient (Wildman–Crippen LogP) is 0.953. The van der Waals surface area contributed by atoms with Crippen LogP contribution in [0.5, 0.6) is 0 Å². The molecule has 3 heteroatoms. The molecule has 0 saturated heterocycles. The van der Waals surface area contributed by atoms with Crippen LogP contribution in [0.1, 0.15) is 20.8 Å². The van der Waals surface area contributed by atoms with Crippen LogP contribution in [0, 0.1) is 0 Å². The van der Waals surface area contributed by atoms with Crippen LogP contribution >= 0.6 is 0 Å². The summed E-state index contributed by atoms with van der Waals surface area (Å²) in [6.45, 7) is 11.2. The van der Waals surface area contributed by atoms with Crippen molar-refractivity contribution in [3.05, 3.63) is 0 Å². The highest BCUT2D eigenvalue weighted by Crippen LogP contribution is 1.90.